The van der Waals surface area contributed by atoms with Crippen LogP contribution < -0.4 is 5.32 Å². The molecule has 0 aliphatic heterocycles. The number of methoxy groups -OCH3 is 2. The van der Waals surface area contributed by atoms with Gasteiger partial charge >= 0.3 is 24.3 Å². The Hall–Kier alpha value is -4.47. The van der Waals surface area contributed by atoms with Crippen molar-refractivity contribution in [3.63, 3.8) is 0 Å². The van der Waals surface area contributed by atoms with Crippen LogP contribution in [0.5, 0.6) is 0 Å². The molecule has 2 aromatic carbocycles. The number of amides is 1. The highest BCUT2D eigenvalue weighted by Crippen LogP contribution is 2.44. The van der Waals surface area contributed by atoms with E-state index >= 15 is 0 Å². The molecule has 4 atom stereocenters. The second-order valence-electron chi connectivity index (χ2n) is 11.8. The normalized spacial score (nSPS) is 16.4. The van der Waals surface area contributed by atoms with Crippen molar-refractivity contribution in [1.82, 2.24) is 5.32 Å². The van der Waals surface area contributed by atoms with Gasteiger partial charge in [0.15, 0.2) is 0 Å². The molecule has 0 bridgehead atoms. The van der Waals surface area contributed by atoms with Gasteiger partial charge in [0, 0.05) is 31.9 Å². The first-order chi connectivity index (χ1) is 23.7. The first-order valence-electron chi connectivity index (χ1n) is 15.5. The molecule has 1 amide bonds. The molecule has 51 heavy (non-hydrogen) atoms. The van der Waals surface area contributed by atoms with Gasteiger partial charge in [-0.1, -0.05) is 72.8 Å². The molecule has 15 heteroatoms. The van der Waals surface area contributed by atoms with E-state index in [0.29, 0.717) is 14.2 Å². The predicted molar refractivity (Wildman–Crippen MR) is 174 cm³/mol. The lowest BCUT2D eigenvalue weighted by molar-refractivity contribution is -0.278. The summed E-state index contributed by atoms with van der Waals surface area (Å²) in [5, 5.41) is 12.2. The Kier molecular flexibility index (Phi) is 15.2. The number of halogens is 6. The third-order valence-corrected chi connectivity index (χ3v) is 7.24. The number of carbonyl (C=O) groups is 3. The molecule has 0 radical (unpaired) electrons. The number of carbonyl (C=O) groups excluding carboxylic acids is 3. The Bertz CT molecular complexity index is 1520. The van der Waals surface area contributed by atoms with E-state index in [1.165, 1.54) is 81.5 Å². The third-order valence-electron chi connectivity index (χ3n) is 7.24. The van der Waals surface area contributed by atoms with E-state index in [1.54, 1.807) is 0 Å². The SMILES string of the molecule is CO[C@@](C(=O)O[C@H](/C=C\CC/C=C/C(=O)NCC(C)(C)O)/C=C\[C@H](C)OC(=O)[C@](OC)(c1ccccc1)C(F)(F)F)(c1ccccc1)C(F)(F)F. The van der Waals surface area contributed by atoms with Gasteiger partial charge in [0.2, 0.25) is 5.91 Å². The summed E-state index contributed by atoms with van der Waals surface area (Å²) in [6.07, 6.45) is -5.69. The second-order valence-corrected chi connectivity index (χ2v) is 11.8. The fourth-order valence-corrected chi connectivity index (χ4v) is 4.66. The number of aliphatic hydroxyl groups is 1. The number of benzene rings is 2. The van der Waals surface area contributed by atoms with E-state index in [1.807, 2.05) is 0 Å². The number of allylic oxidation sites excluding steroid dienone is 2. The van der Waals surface area contributed by atoms with Gasteiger partial charge in [-0.15, -0.1) is 0 Å². The molecule has 0 saturated heterocycles. The molecular formula is C36H41F6NO8. The highest BCUT2D eigenvalue weighted by atomic mass is 19.4. The van der Waals surface area contributed by atoms with Crippen LogP contribution in [-0.2, 0) is 44.5 Å². The number of esters is 2. The summed E-state index contributed by atoms with van der Waals surface area (Å²) < 4.78 is 106. The summed E-state index contributed by atoms with van der Waals surface area (Å²) in [6, 6.07) is 12.1. The maximum Gasteiger partial charge on any atom is 0.432 e. The fraction of sp³-hybridized carbons (Fsp3) is 0.417. The Morgan fingerprint density at radius 3 is 1.61 bits per heavy atom. The van der Waals surface area contributed by atoms with Crippen molar-refractivity contribution in [3.8, 4) is 0 Å². The minimum absolute atomic E-state index is 0.00196. The van der Waals surface area contributed by atoms with E-state index in [4.69, 9.17) is 18.9 Å². The van der Waals surface area contributed by atoms with Crippen LogP contribution in [0, 0.1) is 0 Å². The zero-order chi connectivity index (χ0) is 38.5. The van der Waals surface area contributed by atoms with Crippen LogP contribution in [0.1, 0.15) is 44.7 Å². The van der Waals surface area contributed by atoms with Crippen LogP contribution in [0.15, 0.2) is 97.1 Å². The average molecular weight is 730 g/mol. The third kappa shape index (κ3) is 11.3. The standard InChI is InChI=1S/C36H41F6NO8/c1-25(50-30(45)33(48-4,35(37,38)39)26-16-10-8-11-17-26)22-23-28(20-14-6-7-15-21-29(44)43-24-32(2,3)47)51-31(46)34(49-5,36(40,41)42)27-18-12-9-13-19-27/h8-23,25,28,47H,6-7,24H2,1-5H3,(H,43,44)/b20-14-,21-15+,23-22-/t25-,28+,33+,34+/m0/s1. The first kappa shape index (κ1) is 42.7. The fourth-order valence-electron chi connectivity index (χ4n) is 4.66. The molecule has 0 aliphatic carbocycles. The molecule has 0 saturated carbocycles. The molecule has 0 aromatic heterocycles. The highest BCUT2D eigenvalue weighted by Gasteiger charge is 2.65. The molecular weight excluding hydrogens is 688 g/mol. The number of unbranched alkanes of at least 4 members (excludes halogenated alkanes) is 1. The van der Waals surface area contributed by atoms with E-state index in [9.17, 15) is 45.8 Å². The summed E-state index contributed by atoms with van der Waals surface area (Å²) >= 11 is 0. The van der Waals surface area contributed by atoms with Gasteiger partial charge in [-0.2, -0.15) is 26.3 Å². The zero-order valence-corrected chi connectivity index (χ0v) is 28.6. The topological polar surface area (TPSA) is 120 Å². The van der Waals surface area contributed by atoms with Crippen LogP contribution in [0.25, 0.3) is 0 Å². The Morgan fingerprint density at radius 1 is 0.725 bits per heavy atom. The van der Waals surface area contributed by atoms with Crippen molar-refractivity contribution < 1.29 is 64.8 Å². The van der Waals surface area contributed by atoms with Crippen molar-refractivity contribution in [3.05, 3.63) is 108 Å². The van der Waals surface area contributed by atoms with E-state index in [2.05, 4.69) is 5.32 Å². The zero-order valence-electron chi connectivity index (χ0n) is 28.6. The maximum atomic E-state index is 14.5. The summed E-state index contributed by atoms with van der Waals surface area (Å²) in [5.41, 5.74) is -9.30. The largest absolute Gasteiger partial charge is 0.456 e. The minimum atomic E-state index is -5.30. The van der Waals surface area contributed by atoms with Gasteiger partial charge in [-0.05, 0) is 57.9 Å². The summed E-state index contributed by atoms with van der Waals surface area (Å²) in [6.45, 7) is 4.21. The summed E-state index contributed by atoms with van der Waals surface area (Å²) in [7, 11) is 1.37. The smallest absolute Gasteiger partial charge is 0.432 e. The van der Waals surface area contributed by atoms with Crippen LogP contribution in [-0.4, -0.2) is 73.9 Å². The van der Waals surface area contributed by atoms with Crippen LogP contribution in [0.3, 0.4) is 0 Å². The number of hydrogen-bond donors (Lipinski definition) is 2. The van der Waals surface area contributed by atoms with Gasteiger partial charge in [0.05, 0.1) is 5.60 Å². The van der Waals surface area contributed by atoms with Crippen LogP contribution in [0.2, 0.25) is 0 Å². The van der Waals surface area contributed by atoms with Crippen LogP contribution in [0.4, 0.5) is 26.3 Å². The lowest BCUT2D eigenvalue weighted by Gasteiger charge is -2.33. The van der Waals surface area contributed by atoms with Crippen molar-refractivity contribution in [2.75, 3.05) is 20.8 Å². The second kappa shape index (κ2) is 18.1. The molecule has 0 unspecified atom stereocenters. The van der Waals surface area contributed by atoms with Crippen molar-refractivity contribution >= 4 is 17.8 Å². The molecule has 0 aliphatic rings. The van der Waals surface area contributed by atoms with Gasteiger partial charge in [0.1, 0.15) is 12.2 Å². The Balaban J connectivity index is 2.37. The number of rotatable bonds is 17. The van der Waals surface area contributed by atoms with Crippen molar-refractivity contribution in [2.45, 2.75) is 75.0 Å². The Labute approximate surface area is 291 Å². The number of ether oxygens (including phenoxy) is 4. The van der Waals surface area contributed by atoms with Gasteiger partial charge in [-0.3, -0.25) is 4.79 Å². The molecule has 9 nitrogen and oxygen atoms in total. The summed E-state index contributed by atoms with van der Waals surface area (Å²) in [4.78, 5) is 38.3. The molecule has 2 aromatic rings. The molecule has 2 rings (SSSR count). The quantitative estimate of drug-likeness (QED) is 0.0634. The number of hydrogen-bond acceptors (Lipinski definition) is 8. The lowest BCUT2D eigenvalue weighted by atomic mass is 9.92. The molecule has 2 N–H and O–H groups in total. The number of alkyl halides is 6. The van der Waals surface area contributed by atoms with Crippen molar-refractivity contribution in [1.29, 1.82) is 0 Å². The average Bonchev–Trinajstić information content (AvgIpc) is 3.04. The van der Waals surface area contributed by atoms with Gasteiger partial charge < -0.3 is 29.4 Å². The maximum absolute atomic E-state index is 14.5. The first-order valence-corrected chi connectivity index (χ1v) is 15.5. The highest BCUT2D eigenvalue weighted by molar-refractivity contribution is 5.87. The molecule has 280 valence electrons. The molecule has 0 heterocycles. The monoisotopic (exact) mass is 729 g/mol. The van der Waals surface area contributed by atoms with Crippen LogP contribution >= 0.6 is 0 Å². The molecule has 0 fully saturated rings. The lowest BCUT2D eigenvalue weighted by Crippen LogP contribution is -2.52. The van der Waals surface area contributed by atoms with Gasteiger partial charge in [0.25, 0.3) is 11.2 Å². The predicted octanol–water partition coefficient (Wildman–Crippen LogP) is 6.37. The van der Waals surface area contributed by atoms with E-state index < -0.39 is 70.3 Å². The van der Waals surface area contributed by atoms with E-state index in [-0.39, 0.29) is 19.4 Å². The van der Waals surface area contributed by atoms with Gasteiger partial charge in [-0.25, -0.2) is 9.59 Å². The summed E-state index contributed by atoms with van der Waals surface area (Å²) in [5.74, 6) is -4.14. The minimum Gasteiger partial charge on any atom is -0.456 e. The molecule has 0 spiro atoms. The van der Waals surface area contributed by atoms with E-state index in [0.717, 1.165) is 36.4 Å². The number of nitrogens with one attached hydrogen (secondary N) is 1. The van der Waals surface area contributed by atoms with Crippen molar-refractivity contribution in [2.24, 2.45) is 0 Å². The Morgan fingerprint density at radius 2 is 1.18 bits per heavy atom.